The summed E-state index contributed by atoms with van der Waals surface area (Å²) in [6.07, 6.45) is 5.01. The molecule has 7 nitrogen and oxygen atoms in total. The summed E-state index contributed by atoms with van der Waals surface area (Å²) in [7, 11) is 0. The number of hydrogen-bond acceptors (Lipinski definition) is 6. The zero-order valence-electron chi connectivity index (χ0n) is 18.2. The lowest BCUT2D eigenvalue weighted by Crippen LogP contribution is -2.43. The average molecular weight is 433 g/mol. The van der Waals surface area contributed by atoms with Gasteiger partial charge in [-0.1, -0.05) is 36.4 Å². The maximum atomic E-state index is 12.9. The van der Waals surface area contributed by atoms with Gasteiger partial charge in [0.15, 0.2) is 5.82 Å². The molecule has 1 atom stereocenters. The third kappa shape index (κ3) is 5.35. The molecule has 3 aromatic rings. The highest BCUT2D eigenvalue weighted by atomic mass is 16.5. The van der Waals surface area contributed by atoms with E-state index in [4.69, 9.17) is 9.47 Å². The van der Waals surface area contributed by atoms with E-state index in [1.165, 1.54) is 0 Å². The van der Waals surface area contributed by atoms with Crippen LogP contribution in [0.2, 0.25) is 0 Å². The van der Waals surface area contributed by atoms with Gasteiger partial charge in [-0.2, -0.15) is 0 Å². The SMILES string of the molecule is CCOc1ccccc1CNC(=O)[C@H]1CCCN(c2nccnc2Oc2ccccc2)C1. The third-order valence-electron chi connectivity index (χ3n) is 5.42. The van der Waals surface area contributed by atoms with Crippen LogP contribution in [0.25, 0.3) is 0 Å². The first-order chi connectivity index (χ1) is 15.7. The smallest absolute Gasteiger partial charge is 0.263 e. The van der Waals surface area contributed by atoms with Crippen molar-refractivity contribution in [1.82, 2.24) is 15.3 Å². The van der Waals surface area contributed by atoms with Crippen molar-refractivity contribution >= 4 is 11.7 Å². The Kier molecular flexibility index (Phi) is 7.17. The van der Waals surface area contributed by atoms with Crippen molar-refractivity contribution in [2.45, 2.75) is 26.3 Å². The largest absolute Gasteiger partial charge is 0.494 e. The van der Waals surface area contributed by atoms with Crippen LogP contribution in [0.1, 0.15) is 25.3 Å². The standard InChI is InChI=1S/C25H28N4O3/c1-2-31-22-13-7-6-9-19(22)17-28-24(30)20-10-8-16-29(18-20)23-25(27-15-14-26-23)32-21-11-4-3-5-12-21/h3-7,9,11-15,20H,2,8,10,16-18H2,1H3,(H,28,30)/t20-/m0/s1. The van der Waals surface area contributed by atoms with E-state index in [1.54, 1.807) is 12.4 Å². The normalized spacial score (nSPS) is 15.8. The van der Waals surface area contributed by atoms with Gasteiger partial charge in [-0.05, 0) is 38.0 Å². The predicted molar refractivity (Wildman–Crippen MR) is 123 cm³/mol. The molecular weight excluding hydrogens is 404 g/mol. The first-order valence-corrected chi connectivity index (χ1v) is 11.0. The van der Waals surface area contributed by atoms with Crippen molar-refractivity contribution in [2.24, 2.45) is 5.92 Å². The van der Waals surface area contributed by atoms with Gasteiger partial charge in [-0.3, -0.25) is 4.79 Å². The van der Waals surface area contributed by atoms with Crippen LogP contribution in [0.15, 0.2) is 67.0 Å². The molecule has 1 fully saturated rings. The van der Waals surface area contributed by atoms with Crippen LogP contribution in [0, 0.1) is 5.92 Å². The monoisotopic (exact) mass is 432 g/mol. The summed E-state index contributed by atoms with van der Waals surface area (Å²) in [5.74, 6) is 2.53. The Balaban J connectivity index is 1.41. The first kappa shape index (κ1) is 21.6. The zero-order chi connectivity index (χ0) is 22.2. The van der Waals surface area contributed by atoms with E-state index in [0.717, 1.165) is 30.7 Å². The maximum absolute atomic E-state index is 12.9. The summed E-state index contributed by atoms with van der Waals surface area (Å²) in [5.41, 5.74) is 0.975. The molecule has 0 bridgehead atoms. The number of nitrogens with zero attached hydrogens (tertiary/aromatic N) is 3. The Morgan fingerprint density at radius 1 is 1.09 bits per heavy atom. The second kappa shape index (κ2) is 10.6. The van der Waals surface area contributed by atoms with Crippen molar-refractivity contribution in [1.29, 1.82) is 0 Å². The Hall–Kier alpha value is -3.61. The number of amides is 1. The van der Waals surface area contributed by atoms with Crippen LogP contribution in [-0.2, 0) is 11.3 Å². The van der Waals surface area contributed by atoms with Gasteiger partial charge in [0.05, 0.1) is 12.5 Å². The molecule has 1 aliphatic rings. The summed E-state index contributed by atoms with van der Waals surface area (Å²) in [6.45, 7) is 4.37. The topological polar surface area (TPSA) is 76.6 Å². The highest BCUT2D eigenvalue weighted by Gasteiger charge is 2.28. The second-order valence-electron chi connectivity index (χ2n) is 7.64. The fraction of sp³-hybridized carbons (Fsp3) is 0.320. The van der Waals surface area contributed by atoms with Crippen molar-refractivity contribution in [2.75, 3.05) is 24.6 Å². The molecule has 0 saturated carbocycles. The average Bonchev–Trinajstić information content (AvgIpc) is 2.84. The number of ether oxygens (including phenoxy) is 2. The minimum atomic E-state index is -0.130. The summed E-state index contributed by atoms with van der Waals surface area (Å²) < 4.78 is 11.6. The predicted octanol–water partition coefficient (Wildman–Crippen LogP) is 4.20. The van der Waals surface area contributed by atoms with Crippen LogP contribution >= 0.6 is 0 Å². The molecule has 32 heavy (non-hydrogen) atoms. The highest BCUT2D eigenvalue weighted by molar-refractivity contribution is 5.79. The molecule has 1 aromatic heterocycles. The van der Waals surface area contributed by atoms with Crippen LogP contribution in [0.3, 0.4) is 0 Å². The molecule has 1 saturated heterocycles. The van der Waals surface area contributed by atoms with Gasteiger partial charge in [0.2, 0.25) is 5.91 Å². The maximum Gasteiger partial charge on any atom is 0.263 e. The van der Waals surface area contributed by atoms with Crippen LogP contribution in [0.4, 0.5) is 5.82 Å². The van der Waals surface area contributed by atoms with Crippen LogP contribution in [0.5, 0.6) is 17.4 Å². The molecule has 1 N–H and O–H groups in total. The number of para-hydroxylation sites is 2. The summed E-state index contributed by atoms with van der Waals surface area (Å²) in [4.78, 5) is 23.9. The number of anilines is 1. The second-order valence-corrected chi connectivity index (χ2v) is 7.64. The lowest BCUT2D eigenvalue weighted by Gasteiger charge is -2.33. The molecule has 0 radical (unpaired) electrons. The van der Waals surface area contributed by atoms with E-state index in [1.807, 2.05) is 61.5 Å². The van der Waals surface area contributed by atoms with E-state index in [2.05, 4.69) is 20.2 Å². The van der Waals surface area contributed by atoms with Crippen LogP contribution in [-0.4, -0.2) is 35.6 Å². The Morgan fingerprint density at radius 3 is 2.72 bits per heavy atom. The Morgan fingerprint density at radius 2 is 1.88 bits per heavy atom. The molecule has 1 amide bonds. The van der Waals surface area contributed by atoms with Gasteiger partial charge in [-0.25, -0.2) is 9.97 Å². The van der Waals surface area contributed by atoms with Crippen molar-refractivity contribution in [3.63, 3.8) is 0 Å². The molecule has 0 spiro atoms. The summed E-state index contributed by atoms with van der Waals surface area (Å²) in [5, 5.41) is 3.08. The van der Waals surface area contributed by atoms with E-state index in [0.29, 0.717) is 37.1 Å². The summed E-state index contributed by atoms with van der Waals surface area (Å²) in [6, 6.07) is 17.3. The van der Waals surface area contributed by atoms with Gasteiger partial charge in [-0.15, -0.1) is 0 Å². The summed E-state index contributed by atoms with van der Waals surface area (Å²) >= 11 is 0. The number of hydrogen-bond donors (Lipinski definition) is 1. The number of carbonyl (C=O) groups excluding carboxylic acids is 1. The van der Waals surface area contributed by atoms with Gasteiger partial charge >= 0.3 is 0 Å². The van der Waals surface area contributed by atoms with E-state index in [9.17, 15) is 4.79 Å². The van der Waals surface area contributed by atoms with Gasteiger partial charge in [0.1, 0.15) is 11.5 Å². The third-order valence-corrected chi connectivity index (χ3v) is 5.42. The van der Waals surface area contributed by atoms with Crippen molar-refractivity contribution in [3.05, 3.63) is 72.6 Å². The van der Waals surface area contributed by atoms with E-state index >= 15 is 0 Å². The highest BCUT2D eigenvalue weighted by Crippen LogP contribution is 2.31. The molecule has 0 unspecified atom stereocenters. The molecule has 0 aliphatic carbocycles. The molecule has 7 heteroatoms. The van der Waals surface area contributed by atoms with Crippen molar-refractivity contribution < 1.29 is 14.3 Å². The number of benzene rings is 2. The van der Waals surface area contributed by atoms with E-state index in [-0.39, 0.29) is 11.8 Å². The number of carbonyl (C=O) groups is 1. The quantitative estimate of drug-likeness (QED) is 0.575. The number of nitrogens with one attached hydrogen (secondary N) is 1. The van der Waals surface area contributed by atoms with E-state index < -0.39 is 0 Å². The molecule has 2 heterocycles. The number of rotatable bonds is 8. The van der Waals surface area contributed by atoms with Gasteiger partial charge in [0, 0.05) is 37.6 Å². The van der Waals surface area contributed by atoms with Crippen molar-refractivity contribution in [3.8, 4) is 17.4 Å². The zero-order valence-corrected chi connectivity index (χ0v) is 18.2. The fourth-order valence-corrected chi connectivity index (χ4v) is 3.86. The number of aromatic nitrogens is 2. The molecule has 2 aromatic carbocycles. The Labute approximate surface area is 188 Å². The lowest BCUT2D eigenvalue weighted by atomic mass is 9.97. The molecule has 166 valence electrons. The fourth-order valence-electron chi connectivity index (χ4n) is 3.86. The first-order valence-electron chi connectivity index (χ1n) is 11.0. The van der Waals surface area contributed by atoms with Gasteiger partial charge in [0.25, 0.3) is 5.88 Å². The van der Waals surface area contributed by atoms with Crippen LogP contribution < -0.4 is 19.7 Å². The Bertz CT molecular complexity index is 1030. The lowest BCUT2D eigenvalue weighted by molar-refractivity contribution is -0.125. The minimum Gasteiger partial charge on any atom is -0.494 e. The molecule has 4 rings (SSSR count). The number of piperidine rings is 1. The molecule has 1 aliphatic heterocycles. The molecular formula is C25H28N4O3. The van der Waals surface area contributed by atoms with Gasteiger partial charge < -0.3 is 19.7 Å². The minimum absolute atomic E-state index is 0.0374.